The quantitative estimate of drug-likeness (QED) is 0.401. The van der Waals surface area contributed by atoms with E-state index in [9.17, 15) is 9.59 Å². The molecule has 0 saturated heterocycles. The van der Waals surface area contributed by atoms with Gasteiger partial charge in [0.05, 0.1) is 4.47 Å². The molecule has 3 aromatic carbocycles. The van der Waals surface area contributed by atoms with E-state index in [0.29, 0.717) is 17.0 Å². The van der Waals surface area contributed by atoms with Crippen LogP contribution >= 0.6 is 15.9 Å². The Morgan fingerprint density at radius 1 is 0.879 bits per heavy atom. The van der Waals surface area contributed by atoms with Gasteiger partial charge in [-0.1, -0.05) is 61.7 Å². The first kappa shape index (κ1) is 23.1. The summed E-state index contributed by atoms with van der Waals surface area (Å²) in [7, 11) is 0. The summed E-state index contributed by atoms with van der Waals surface area (Å²) >= 11 is 3.53. The second-order valence-corrected chi connectivity index (χ2v) is 9.09. The maximum atomic E-state index is 12.6. The van der Waals surface area contributed by atoms with Gasteiger partial charge in [-0.05, 0) is 70.2 Å². The third kappa shape index (κ3) is 6.45. The molecule has 0 radical (unpaired) electrons. The molecule has 0 spiro atoms. The SMILES string of the molecule is O=C(COc1ccc(-c2ccccc2)cc1Br)Nc1cccc(C(=O)NC2CCCCC2)c1. The first-order chi connectivity index (χ1) is 16.1. The molecular weight excluding hydrogens is 480 g/mol. The summed E-state index contributed by atoms with van der Waals surface area (Å²) in [5.41, 5.74) is 3.27. The Labute approximate surface area is 202 Å². The van der Waals surface area contributed by atoms with Crippen LogP contribution in [-0.4, -0.2) is 24.5 Å². The van der Waals surface area contributed by atoms with Gasteiger partial charge in [-0.3, -0.25) is 9.59 Å². The van der Waals surface area contributed by atoms with Crippen molar-refractivity contribution in [2.75, 3.05) is 11.9 Å². The Morgan fingerprint density at radius 2 is 1.67 bits per heavy atom. The molecule has 0 atom stereocenters. The monoisotopic (exact) mass is 506 g/mol. The lowest BCUT2D eigenvalue weighted by molar-refractivity contribution is -0.118. The summed E-state index contributed by atoms with van der Waals surface area (Å²) < 4.78 is 6.48. The zero-order chi connectivity index (χ0) is 23.0. The van der Waals surface area contributed by atoms with Crippen molar-refractivity contribution in [2.45, 2.75) is 38.1 Å². The van der Waals surface area contributed by atoms with Crippen LogP contribution in [-0.2, 0) is 4.79 Å². The van der Waals surface area contributed by atoms with Crippen LogP contribution in [0, 0.1) is 0 Å². The van der Waals surface area contributed by atoms with E-state index in [4.69, 9.17) is 4.74 Å². The third-order valence-corrected chi connectivity index (χ3v) is 6.37. The molecule has 1 fully saturated rings. The normalized spacial score (nSPS) is 13.8. The maximum Gasteiger partial charge on any atom is 0.262 e. The van der Waals surface area contributed by atoms with E-state index >= 15 is 0 Å². The molecule has 5 nitrogen and oxygen atoms in total. The van der Waals surface area contributed by atoms with Crippen LogP contribution in [0.1, 0.15) is 42.5 Å². The fourth-order valence-corrected chi connectivity index (χ4v) is 4.52. The number of halogens is 1. The van der Waals surface area contributed by atoms with Crippen LogP contribution in [0.5, 0.6) is 5.75 Å². The van der Waals surface area contributed by atoms with Crippen LogP contribution in [0.15, 0.2) is 77.3 Å². The molecule has 0 aliphatic heterocycles. The van der Waals surface area contributed by atoms with Crippen LogP contribution in [0.3, 0.4) is 0 Å². The van der Waals surface area contributed by atoms with Gasteiger partial charge in [-0.2, -0.15) is 0 Å². The van der Waals surface area contributed by atoms with Crippen molar-refractivity contribution in [3.05, 3.63) is 82.8 Å². The molecule has 4 rings (SSSR count). The summed E-state index contributed by atoms with van der Waals surface area (Å²) in [6, 6.07) is 23.0. The number of rotatable bonds is 7. The van der Waals surface area contributed by atoms with Crippen LogP contribution in [0.2, 0.25) is 0 Å². The molecule has 170 valence electrons. The molecule has 0 aromatic heterocycles. The molecule has 1 aliphatic carbocycles. The largest absolute Gasteiger partial charge is 0.483 e. The molecular formula is C27H27BrN2O3. The number of ether oxygens (including phenoxy) is 1. The summed E-state index contributed by atoms with van der Waals surface area (Å²) in [5, 5.41) is 5.91. The Morgan fingerprint density at radius 3 is 2.42 bits per heavy atom. The minimum atomic E-state index is -0.293. The standard InChI is InChI=1S/C27H27BrN2O3/c28-24-17-20(19-8-3-1-4-9-19)14-15-25(24)33-18-26(31)29-23-13-7-10-21(16-23)27(32)30-22-11-5-2-6-12-22/h1,3-4,7-10,13-17,22H,2,5-6,11-12,18H2,(H,29,31)(H,30,32). The van der Waals surface area contributed by atoms with E-state index < -0.39 is 0 Å². The van der Waals surface area contributed by atoms with Crippen LogP contribution in [0.25, 0.3) is 11.1 Å². The average Bonchev–Trinajstić information content (AvgIpc) is 2.84. The summed E-state index contributed by atoms with van der Waals surface area (Å²) in [6.07, 6.45) is 5.62. The van der Waals surface area contributed by atoms with E-state index in [1.807, 2.05) is 48.5 Å². The minimum Gasteiger partial charge on any atom is -0.483 e. The number of hydrogen-bond acceptors (Lipinski definition) is 3. The number of anilines is 1. The van der Waals surface area contributed by atoms with E-state index in [1.54, 1.807) is 24.3 Å². The molecule has 0 unspecified atom stereocenters. The Bertz CT molecular complexity index is 1110. The van der Waals surface area contributed by atoms with E-state index in [2.05, 4.69) is 26.6 Å². The van der Waals surface area contributed by atoms with Crippen molar-refractivity contribution >= 4 is 33.4 Å². The van der Waals surface area contributed by atoms with Gasteiger partial charge in [0, 0.05) is 17.3 Å². The molecule has 6 heteroatoms. The van der Waals surface area contributed by atoms with Crippen molar-refractivity contribution in [2.24, 2.45) is 0 Å². The van der Waals surface area contributed by atoms with Gasteiger partial charge in [0.2, 0.25) is 0 Å². The van der Waals surface area contributed by atoms with Crippen molar-refractivity contribution < 1.29 is 14.3 Å². The number of carbonyl (C=O) groups is 2. The molecule has 2 amide bonds. The summed E-state index contributed by atoms with van der Waals surface area (Å²) in [5.74, 6) is 0.195. The second-order valence-electron chi connectivity index (χ2n) is 8.24. The van der Waals surface area contributed by atoms with Crippen LogP contribution in [0.4, 0.5) is 5.69 Å². The fourth-order valence-electron chi connectivity index (χ4n) is 4.02. The molecule has 0 bridgehead atoms. The first-order valence-corrected chi connectivity index (χ1v) is 12.1. The van der Waals surface area contributed by atoms with Crippen molar-refractivity contribution in [3.8, 4) is 16.9 Å². The predicted octanol–water partition coefficient (Wildman–Crippen LogP) is 6.20. The average molecular weight is 507 g/mol. The number of benzene rings is 3. The fraction of sp³-hybridized carbons (Fsp3) is 0.259. The molecule has 1 aliphatic rings. The van der Waals surface area contributed by atoms with Crippen molar-refractivity contribution in [3.63, 3.8) is 0 Å². The van der Waals surface area contributed by atoms with Gasteiger partial charge in [0.1, 0.15) is 5.75 Å². The topological polar surface area (TPSA) is 67.4 Å². The molecule has 0 heterocycles. The lowest BCUT2D eigenvalue weighted by atomic mass is 9.95. The third-order valence-electron chi connectivity index (χ3n) is 5.75. The Hall–Kier alpha value is -3.12. The second kappa shape index (κ2) is 11.1. The number of nitrogens with one attached hydrogen (secondary N) is 2. The van der Waals surface area contributed by atoms with Gasteiger partial charge < -0.3 is 15.4 Å². The van der Waals surface area contributed by atoms with Crippen molar-refractivity contribution in [1.82, 2.24) is 5.32 Å². The summed E-state index contributed by atoms with van der Waals surface area (Å²) in [6.45, 7) is -0.137. The van der Waals surface area contributed by atoms with Gasteiger partial charge in [-0.25, -0.2) is 0 Å². The van der Waals surface area contributed by atoms with Gasteiger partial charge >= 0.3 is 0 Å². The Balaban J connectivity index is 1.32. The maximum absolute atomic E-state index is 12.6. The van der Waals surface area contributed by atoms with E-state index in [1.165, 1.54) is 6.42 Å². The lowest BCUT2D eigenvalue weighted by Gasteiger charge is -2.22. The predicted molar refractivity (Wildman–Crippen MR) is 134 cm³/mol. The highest BCUT2D eigenvalue weighted by Gasteiger charge is 2.17. The molecule has 3 aromatic rings. The summed E-state index contributed by atoms with van der Waals surface area (Å²) in [4.78, 5) is 25.0. The van der Waals surface area contributed by atoms with E-state index in [-0.39, 0.29) is 24.5 Å². The lowest BCUT2D eigenvalue weighted by Crippen LogP contribution is -2.36. The molecule has 2 N–H and O–H groups in total. The van der Waals surface area contributed by atoms with Gasteiger partial charge in [0.25, 0.3) is 11.8 Å². The number of hydrogen-bond donors (Lipinski definition) is 2. The zero-order valence-electron chi connectivity index (χ0n) is 18.4. The number of amides is 2. The minimum absolute atomic E-state index is 0.100. The highest BCUT2D eigenvalue weighted by atomic mass is 79.9. The highest BCUT2D eigenvalue weighted by molar-refractivity contribution is 9.10. The van der Waals surface area contributed by atoms with Crippen molar-refractivity contribution in [1.29, 1.82) is 0 Å². The van der Waals surface area contributed by atoms with E-state index in [0.717, 1.165) is 41.3 Å². The van der Waals surface area contributed by atoms with Gasteiger partial charge in [0.15, 0.2) is 6.61 Å². The smallest absolute Gasteiger partial charge is 0.262 e. The molecule has 33 heavy (non-hydrogen) atoms. The zero-order valence-corrected chi connectivity index (χ0v) is 19.9. The highest BCUT2D eigenvalue weighted by Crippen LogP contribution is 2.30. The number of carbonyl (C=O) groups excluding carboxylic acids is 2. The first-order valence-electron chi connectivity index (χ1n) is 11.3. The Kier molecular flexibility index (Phi) is 7.79. The van der Waals surface area contributed by atoms with Gasteiger partial charge in [-0.15, -0.1) is 0 Å². The molecule has 1 saturated carbocycles. The van der Waals surface area contributed by atoms with Crippen LogP contribution < -0.4 is 15.4 Å².